The summed E-state index contributed by atoms with van der Waals surface area (Å²) in [6.45, 7) is 6.85. The molecule has 1 heterocycles. The summed E-state index contributed by atoms with van der Waals surface area (Å²) >= 11 is 3.41. The van der Waals surface area contributed by atoms with Crippen LogP contribution in [-0.2, 0) is 6.54 Å². The molecule has 1 N–H and O–H groups in total. The van der Waals surface area contributed by atoms with Crippen LogP contribution in [0.25, 0.3) is 0 Å². The highest BCUT2D eigenvalue weighted by molar-refractivity contribution is 9.10. The van der Waals surface area contributed by atoms with Crippen molar-refractivity contribution in [2.45, 2.75) is 33.4 Å². The van der Waals surface area contributed by atoms with Gasteiger partial charge in [0.15, 0.2) is 0 Å². The number of ether oxygens (including phenoxy) is 1. The molecule has 0 amide bonds. The number of rotatable bonds is 5. The Kier molecular flexibility index (Phi) is 4.83. The van der Waals surface area contributed by atoms with Crippen molar-refractivity contribution in [1.29, 1.82) is 0 Å². The molecule has 0 saturated carbocycles. The number of aryl methyl sites for hydroxylation is 1. The van der Waals surface area contributed by atoms with Crippen molar-refractivity contribution >= 4 is 15.9 Å². The van der Waals surface area contributed by atoms with E-state index in [1.54, 1.807) is 6.92 Å². The third-order valence-corrected chi connectivity index (χ3v) is 3.72. The predicted octanol–water partition coefficient (Wildman–Crippen LogP) is 3.39. The summed E-state index contributed by atoms with van der Waals surface area (Å²) in [6.07, 6.45) is -0.491. The van der Waals surface area contributed by atoms with Gasteiger partial charge in [-0.05, 0) is 39.0 Å². The van der Waals surface area contributed by atoms with Crippen molar-refractivity contribution in [3.05, 3.63) is 45.7 Å². The van der Waals surface area contributed by atoms with E-state index in [2.05, 4.69) is 21.0 Å². The van der Waals surface area contributed by atoms with E-state index < -0.39 is 6.10 Å². The maximum atomic E-state index is 9.74. The fraction of sp³-hybridized carbons (Fsp3) is 0.400. The molecule has 20 heavy (non-hydrogen) atoms. The van der Waals surface area contributed by atoms with Crippen LogP contribution in [0.4, 0.5) is 0 Å². The zero-order valence-electron chi connectivity index (χ0n) is 11.9. The lowest BCUT2D eigenvalue weighted by Gasteiger charge is -2.09. The number of nitrogens with zero attached hydrogens (tertiary/aromatic N) is 2. The van der Waals surface area contributed by atoms with Gasteiger partial charge in [0.1, 0.15) is 12.4 Å². The van der Waals surface area contributed by atoms with Crippen LogP contribution in [0.2, 0.25) is 0 Å². The third-order valence-electron chi connectivity index (χ3n) is 3.22. The minimum absolute atomic E-state index is 0.491. The molecule has 0 aliphatic heterocycles. The van der Waals surface area contributed by atoms with Crippen LogP contribution < -0.4 is 4.74 Å². The van der Waals surface area contributed by atoms with Gasteiger partial charge in [-0.3, -0.25) is 4.68 Å². The number of aliphatic hydroxyl groups excluding tert-OH is 1. The van der Waals surface area contributed by atoms with E-state index in [-0.39, 0.29) is 0 Å². The Hall–Kier alpha value is -1.33. The molecule has 0 aliphatic carbocycles. The van der Waals surface area contributed by atoms with E-state index in [0.29, 0.717) is 13.2 Å². The van der Waals surface area contributed by atoms with Gasteiger partial charge in [0, 0.05) is 15.7 Å². The van der Waals surface area contributed by atoms with Gasteiger partial charge in [-0.25, -0.2) is 0 Å². The Labute approximate surface area is 127 Å². The topological polar surface area (TPSA) is 47.3 Å². The second-order valence-corrected chi connectivity index (χ2v) is 5.71. The van der Waals surface area contributed by atoms with E-state index >= 15 is 0 Å². The van der Waals surface area contributed by atoms with Gasteiger partial charge in [0.2, 0.25) is 0 Å². The molecule has 108 valence electrons. The summed E-state index contributed by atoms with van der Waals surface area (Å²) in [5, 5.41) is 14.2. The monoisotopic (exact) mass is 338 g/mol. The van der Waals surface area contributed by atoms with Gasteiger partial charge in [0.05, 0.1) is 18.3 Å². The smallest absolute Gasteiger partial charge is 0.120 e. The standard InChI is InChI=1S/C15H19BrN2O2/c1-10-15(12(3)19)11(2)18(17-10)7-8-20-14-6-4-5-13(16)9-14/h4-6,9,12,19H,7-8H2,1-3H3. The van der Waals surface area contributed by atoms with E-state index in [4.69, 9.17) is 4.74 Å². The Balaban J connectivity index is 2.00. The highest BCUT2D eigenvalue weighted by Crippen LogP contribution is 2.21. The van der Waals surface area contributed by atoms with Crippen molar-refractivity contribution in [2.24, 2.45) is 0 Å². The zero-order valence-corrected chi connectivity index (χ0v) is 13.5. The summed E-state index contributed by atoms with van der Waals surface area (Å²) < 4.78 is 8.58. The lowest BCUT2D eigenvalue weighted by atomic mass is 10.1. The first-order valence-corrected chi connectivity index (χ1v) is 7.38. The summed E-state index contributed by atoms with van der Waals surface area (Å²) in [7, 11) is 0. The minimum atomic E-state index is -0.491. The predicted molar refractivity (Wildman–Crippen MR) is 82.0 cm³/mol. The fourth-order valence-electron chi connectivity index (χ4n) is 2.34. The van der Waals surface area contributed by atoms with Crippen LogP contribution in [0, 0.1) is 13.8 Å². The molecular weight excluding hydrogens is 320 g/mol. The number of benzene rings is 1. The highest BCUT2D eigenvalue weighted by atomic mass is 79.9. The summed E-state index contributed by atoms with van der Waals surface area (Å²) in [4.78, 5) is 0. The first-order valence-electron chi connectivity index (χ1n) is 6.59. The quantitative estimate of drug-likeness (QED) is 0.908. The molecule has 0 saturated heterocycles. The highest BCUT2D eigenvalue weighted by Gasteiger charge is 2.15. The Morgan fingerprint density at radius 2 is 2.15 bits per heavy atom. The molecule has 0 aliphatic rings. The van der Waals surface area contributed by atoms with Crippen LogP contribution in [0.1, 0.15) is 30.0 Å². The molecule has 5 heteroatoms. The van der Waals surface area contributed by atoms with Crippen molar-refractivity contribution in [2.75, 3.05) is 6.61 Å². The van der Waals surface area contributed by atoms with Gasteiger partial charge in [-0.15, -0.1) is 0 Å². The van der Waals surface area contributed by atoms with Crippen molar-refractivity contribution in [3.8, 4) is 5.75 Å². The molecule has 2 aromatic rings. The van der Waals surface area contributed by atoms with Gasteiger partial charge in [-0.1, -0.05) is 22.0 Å². The maximum Gasteiger partial charge on any atom is 0.120 e. The number of halogens is 1. The minimum Gasteiger partial charge on any atom is -0.492 e. The van der Waals surface area contributed by atoms with Gasteiger partial charge in [0.25, 0.3) is 0 Å². The zero-order chi connectivity index (χ0) is 14.7. The molecule has 0 fully saturated rings. The number of hydrogen-bond donors (Lipinski definition) is 1. The summed E-state index contributed by atoms with van der Waals surface area (Å²) in [5.41, 5.74) is 2.78. The van der Waals surface area contributed by atoms with Crippen LogP contribution in [0.3, 0.4) is 0 Å². The average molecular weight is 339 g/mol. The Morgan fingerprint density at radius 1 is 1.40 bits per heavy atom. The lowest BCUT2D eigenvalue weighted by Crippen LogP contribution is -2.11. The summed E-state index contributed by atoms with van der Waals surface area (Å²) in [6, 6.07) is 7.76. The molecule has 1 aromatic carbocycles. The van der Waals surface area contributed by atoms with Crippen LogP contribution >= 0.6 is 15.9 Å². The SMILES string of the molecule is Cc1nn(CCOc2cccc(Br)c2)c(C)c1C(C)O. The molecule has 1 atom stereocenters. The van der Waals surface area contributed by atoms with Crippen molar-refractivity contribution in [1.82, 2.24) is 9.78 Å². The van der Waals surface area contributed by atoms with E-state index in [1.165, 1.54) is 0 Å². The normalized spacial score (nSPS) is 12.4. The van der Waals surface area contributed by atoms with Crippen LogP contribution in [0.15, 0.2) is 28.7 Å². The van der Waals surface area contributed by atoms with Crippen LogP contribution in [-0.4, -0.2) is 21.5 Å². The molecule has 0 bridgehead atoms. The molecule has 1 aromatic heterocycles. The lowest BCUT2D eigenvalue weighted by molar-refractivity contribution is 0.197. The van der Waals surface area contributed by atoms with Gasteiger partial charge < -0.3 is 9.84 Å². The number of hydrogen-bond acceptors (Lipinski definition) is 3. The first kappa shape index (κ1) is 15.1. The Bertz CT molecular complexity index is 594. The fourth-order valence-corrected chi connectivity index (χ4v) is 2.72. The largest absolute Gasteiger partial charge is 0.492 e. The second kappa shape index (κ2) is 6.41. The summed E-state index contributed by atoms with van der Waals surface area (Å²) in [5.74, 6) is 0.830. The van der Waals surface area contributed by atoms with E-state index in [1.807, 2.05) is 42.8 Å². The molecule has 0 radical (unpaired) electrons. The molecular formula is C15H19BrN2O2. The van der Waals surface area contributed by atoms with E-state index in [9.17, 15) is 5.11 Å². The van der Waals surface area contributed by atoms with Gasteiger partial charge in [-0.2, -0.15) is 5.10 Å². The molecule has 1 unspecified atom stereocenters. The third kappa shape index (κ3) is 3.41. The van der Waals surface area contributed by atoms with Crippen molar-refractivity contribution < 1.29 is 9.84 Å². The van der Waals surface area contributed by atoms with E-state index in [0.717, 1.165) is 27.2 Å². The van der Waals surface area contributed by atoms with Crippen LogP contribution in [0.5, 0.6) is 5.75 Å². The number of aliphatic hydroxyl groups is 1. The Morgan fingerprint density at radius 3 is 2.75 bits per heavy atom. The molecule has 0 spiro atoms. The van der Waals surface area contributed by atoms with Gasteiger partial charge >= 0.3 is 0 Å². The molecule has 2 rings (SSSR count). The van der Waals surface area contributed by atoms with Crippen molar-refractivity contribution in [3.63, 3.8) is 0 Å². The maximum absolute atomic E-state index is 9.74. The first-order chi connectivity index (χ1) is 9.49. The number of aromatic nitrogens is 2. The average Bonchev–Trinajstić information content (AvgIpc) is 2.64. The second-order valence-electron chi connectivity index (χ2n) is 4.79. The molecule has 4 nitrogen and oxygen atoms in total.